The van der Waals surface area contributed by atoms with Gasteiger partial charge in [-0.1, -0.05) is 19.1 Å². The van der Waals surface area contributed by atoms with Crippen LogP contribution >= 0.6 is 11.6 Å². The van der Waals surface area contributed by atoms with Crippen LogP contribution in [0.1, 0.15) is 29.3 Å². The normalized spacial score (nSPS) is 11.9. The first-order valence-corrected chi connectivity index (χ1v) is 6.07. The van der Waals surface area contributed by atoms with Gasteiger partial charge in [0.1, 0.15) is 5.56 Å². The third-order valence-electron chi connectivity index (χ3n) is 2.59. The summed E-state index contributed by atoms with van der Waals surface area (Å²) in [6.07, 6.45) is 0.720. The summed E-state index contributed by atoms with van der Waals surface area (Å²) in [4.78, 5) is 22.3. The smallest absolute Gasteiger partial charge is 0.285 e. The molecule has 0 bridgehead atoms. The lowest BCUT2D eigenvalue weighted by atomic mass is 10.1. The molecule has 0 aliphatic rings. The predicted molar refractivity (Wildman–Crippen MR) is 70.1 cm³/mol. The van der Waals surface area contributed by atoms with Crippen molar-refractivity contribution in [2.75, 3.05) is 6.54 Å². The van der Waals surface area contributed by atoms with Crippen molar-refractivity contribution in [3.63, 3.8) is 0 Å². The van der Waals surface area contributed by atoms with E-state index in [1.54, 1.807) is 19.1 Å². The SMILES string of the molecule is CCC(Cl)CNC(=O)c1cccc(C)c1[N+](=O)[O-]. The van der Waals surface area contributed by atoms with Gasteiger partial charge < -0.3 is 5.32 Å². The van der Waals surface area contributed by atoms with Crippen LogP contribution in [-0.4, -0.2) is 22.8 Å². The summed E-state index contributed by atoms with van der Waals surface area (Å²) in [6, 6.07) is 4.66. The highest BCUT2D eigenvalue weighted by molar-refractivity contribution is 6.20. The van der Waals surface area contributed by atoms with E-state index >= 15 is 0 Å². The minimum atomic E-state index is -0.539. The Kier molecular flexibility index (Phi) is 5.09. The van der Waals surface area contributed by atoms with E-state index in [4.69, 9.17) is 11.6 Å². The molecular formula is C12H15ClN2O3. The second kappa shape index (κ2) is 6.35. The lowest BCUT2D eigenvalue weighted by molar-refractivity contribution is -0.385. The molecule has 18 heavy (non-hydrogen) atoms. The number of rotatable bonds is 5. The molecule has 1 amide bonds. The van der Waals surface area contributed by atoms with E-state index in [0.29, 0.717) is 12.1 Å². The first-order valence-electron chi connectivity index (χ1n) is 5.63. The third kappa shape index (κ3) is 3.43. The van der Waals surface area contributed by atoms with Crippen LogP contribution in [0.3, 0.4) is 0 Å². The molecule has 0 aliphatic carbocycles. The van der Waals surface area contributed by atoms with Crippen molar-refractivity contribution < 1.29 is 9.72 Å². The topological polar surface area (TPSA) is 72.2 Å². The minimum absolute atomic E-state index is 0.0694. The van der Waals surface area contributed by atoms with Gasteiger partial charge in [0.2, 0.25) is 0 Å². The van der Waals surface area contributed by atoms with Gasteiger partial charge in [0, 0.05) is 12.1 Å². The van der Waals surface area contributed by atoms with E-state index in [1.807, 2.05) is 6.92 Å². The number of carbonyl (C=O) groups is 1. The maximum absolute atomic E-state index is 11.9. The number of para-hydroxylation sites is 1. The van der Waals surface area contributed by atoms with Crippen LogP contribution in [0.5, 0.6) is 0 Å². The Morgan fingerprint density at radius 2 is 2.22 bits per heavy atom. The van der Waals surface area contributed by atoms with E-state index in [-0.39, 0.29) is 16.6 Å². The molecule has 0 radical (unpaired) electrons. The van der Waals surface area contributed by atoms with E-state index < -0.39 is 10.8 Å². The molecule has 0 fully saturated rings. The number of carbonyl (C=O) groups excluding carboxylic acids is 1. The van der Waals surface area contributed by atoms with Crippen molar-refractivity contribution in [2.24, 2.45) is 0 Å². The molecule has 1 N–H and O–H groups in total. The zero-order valence-corrected chi connectivity index (χ0v) is 11.0. The van der Waals surface area contributed by atoms with Crippen LogP contribution < -0.4 is 5.32 Å². The van der Waals surface area contributed by atoms with Crippen molar-refractivity contribution >= 4 is 23.2 Å². The lowest BCUT2D eigenvalue weighted by Crippen LogP contribution is -2.30. The van der Waals surface area contributed by atoms with E-state index in [0.717, 1.165) is 6.42 Å². The zero-order valence-electron chi connectivity index (χ0n) is 10.3. The van der Waals surface area contributed by atoms with Crippen molar-refractivity contribution in [3.05, 3.63) is 39.4 Å². The molecule has 6 heteroatoms. The van der Waals surface area contributed by atoms with Crippen LogP contribution in [-0.2, 0) is 0 Å². The Balaban J connectivity index is 2.92. The van der Waals surface area contributed by atoms with Crippen LogP contribution in [0.4, 0.5) is 5.69 Å². The molecule has 1 rings (SSSR count). The molecule has 0 saturated heterocycles. The Morgan fingerprint density at radius 3 is 2.78 bits per heavy atom. The Hall–Kier alpha value is -1.62. The average Bonchev–Trinajstić information content (AvgIpc) is 2.34. The van der Waals surface area contributed by atoms with Gasteiger partial charge >= 0.3 is 0 Å². The Bertz CT molecular complexity index is 463. The van der Waals surface area contributed by atoms with Gasteiger partial charge in [-0.2, -0.15) is 0 Å². The van der Waals surface area contributed by atoms with Gasteiger partial charge in [-0.25, -0.2) is 0 Å². The van der Waals surface area contributed by atoms with Crippen molar-refractivity contribution in [1.82, 2.24) is 5.32 Å². The number of nitro groups is 1. The number of alkyl halides is 1. The average molecular weight is 271 g/mol. The number of aryl methyl sites for hydroxylation is 1. The highest BCUT2D eigenvalue weighted by Gasteiger charge is 2.22. The summed E-state index contributed by atoms with van der Waals surface area (Å²) in [5, 5.41) is 13.4. The Labute approximate surface area is 110 Å². The lowest BCUT2D eigenvalue weighted by Gasteiger charge is -2.09. The quantitative estimate of drug-likeness (QED) is 0.508. The Morgan fingerprint density at radius 1 is 1.56 bits per heavy atom. The highest BCUT2D eigenvalue weighted by atomic mass is 35.5. The van der Waals surface area contributed by atoms with Gasteiger partial charge in [-0.15, -0.1) is 11.6 Å². The van der Waals surface area contributed by atoms with Crippen LogP contribution in [0.2, 0.25) is 0 Å². The summed E-state index contributed by atoms with van der Waals surface area (Å²) in [5.74, 6) is -0.468. The summed E-state index contributed by atoms with van der Waals surface area (Å²) in [6.45, 7) is 3.80. The summed E-state index contributed by atoms with van der Waals surface area (Å²) >= 11 is 5.88. The maximum atomic E-state index is 11.9. The number of amides is 1. The molecule has 0 heterocycles. The highest BCUT2D eigenvalue weighted by Crippen LogP contribution is 2.22. The van der Waals surface area contributed by atoms with Crippen LogP contribution in [0.15, 0.2) is 18.2 Å². The fraction of sp³-hybridized carbons (Fsp3) is 0.417. The molecule has 1 aromatic rings. The third-order valence-corrected chi connectivity index (χ3v) is 3.05. The van der Waals surface area contributed by atoms with E-state index in [2.05, 4.69) is 5.32 Å². The minimum Gasteiger partial charge on any atom is -0.350 e. The molecule has 0 aliphatic heterocycles. The van der Waals surface area contributed by atoms with Gasteiger partial charge in [0.05, 0.1) is 10.3 Å². The molecular weight excluding hydrogens is 256 g/mol. The predicted octanol–water partition coefficient (Wildman–Crippen LogP) is 2.65. The summed E-state index contributed by atoms with van der Waals surface area (Å²) in [7, 11) is 0. The monoisotopic (exact) mass is 270 g/mol. The molecule has 98 valence electrons. The van der Waals surface area contributed by atoms with Crippen LogP contribution in [0.25, 0.3) is 0 Å². The standard InChI is InChI=1S/C12H15ClN2O3/c1-3-9(13)7-14-12(16)10-6-4-5-8(2)11(10)15(17)18/h4-6,9H,3,7H2,1-2H3,(H,14,16). The van der Waals surface area contributed by atoms with Crippen molar-refractivity contribution in [2.45, 2.75) is 25.6 Å². The van der Waals surface area contributed by atoms with Gasteiger partial charge in [-0.05, 0) is 19.4 Å². The summed E-state index contributed by atoms with van der Waals surface area (Å²) in [5.41, 5.74) is 0.378. The molecule has 0 aromatic heterocycles. The van der Waals surface area contributed by atoms with Crippen molar-refractivity contribution in [1.29, 1.82) is 0 Å². The van der Waals surface area contributed by atoms with Crippen molar-refractivity contribution in [3.8, 4) is 0 Å². The molecule has 1 atom stereocenters. The first-order chi connectivity index (χ1) is 8.47. The number of nitrogens with zero attached hydrogens (tertiary/aromatic N) is 1. The number of nitro benzene ring substituents is 1. The number of nitrogens with one attached hydrogen (secondary N) is 1. The van der Waals surface area contributed by atoms with Gasteiger partial charge in [0.15, 0.2) is 0 Å². The van der Waals surface area contributed by atoms with Gasteiger partial charge in [-0.3, -0.25) is 14.9 Å². The number of hydrogen-bond donors (Lipinski definition) is 1. The number of halogens is 1. The summed E-state index contributed by atoms with van der Waals surface area (Å²) < 4.78 is 0. The fourth-order valence-corrected chi connectivity index (χ4v) is 1.60. The molecule has 0 saturated carbocycles. The van der Waals surface area contributed by atoms with E-state index in [9.17, 15) is 14.9 Å². The van der Waals surface area contributed by atoms with Crippen LogP contribution in [0, 0.1) is 17.0 Å². The number of hydrogen-bond acceptors (Lipinski definition) is 3. The van der Waals surface area contributed by atoms with E-state index in [1.165, 1.54) is 6.07 Å². The maximum Gasteiger partial charge on any atom is 0.285 e. The second-order valence-electron chi connectivity index (χ2n) is 3.94. The van der Waals surface area contributed by atoms with Gasteiger partial charge in [0.25, 0.3) is 11.6 Å². The zero-order chi connectivity index (χ0) is 13.7. The largest absolute Gasteiger partial charge is 0.350 e. The number of benzene rings is 1. The molecule has 0 spiro atoms. The molecule has 1 aromatic carbocycles. The molecule has 5 nitrogen and oxygen atoms in total. The second-order valence-corrected chi connectivity index (χ2v) is 4.56. The first kappa shape index (κ1) is 14.4. The fourth-order valence-electron chi connectivity index (χ4n) is 1.53. The molecule has 1 unspecified atom stereocenters.